The van der Waals surface area contributed by atoms with Crippen LogP contribution in [0.2, 0.25) is 0 Å². The summed E-state index contributed by atoms with van der Waals surface area (Å²) in [7, 11) is 2.88. The Labute approximate surface area is 126 Å². The molecule has 1 aromatic carbocycles. The Bertz CT molecular complexity index is 715. The van der Waals surface area contributed by atoms with E-state index >= 15 is 0 Å². The van der Waals surface area contributed by atoms with Crippen LogP contribution in [0.5, 0.6) is 5.75 Å². The Balaban J connectivity index is 2.51. The maximum atomic E-state index is 12.6. The van der Waals surface area contributed by atoms with E-state index in [0.29, 0.717) is 5.75 Å². The van der Waals surface area contributed by atoms with Crippen molar-refractivity contribution in [1.82, 2.24) is 9.97 Å². The van der Waals surface area contributed by atoms with E-state index in [2.05, 4.69) is 9.97 Å². The molecule has 0 unspecified atom stereocenters. The lowest BCUT2D eigenvalue weighted by Gasteiger charge is -2.09. The van der Waals surface area contributed by atoms with Crippen LogP contribution in [0.1, 0.15) is 32.2 Å². The lowest BCUT2D eigenvalue weighted by atomic mass is 10.0. The molecule has 7 nitrogen and oxygen atoms in total. The minimum Gasteiger partial charge on any atom is -0.496 e. The van der Waals surface area contributed by atoms with Crippen molar-refractivity contribution in [2.45, 2.75) is 6.61 Å². The number of methoxy groups -OCH3 is 2. The van der Waals surface area contributed by atoms with Crippen LogP contribution in [0.25, 0.3) is 0 Å². The fourth-order valence-electron chi connectivity index (χ4n) is 1.92. The number of rotatable bonds is 6. The SMILES string of the molecule is COCc1ncc(C(=O)c2ccccc2OC)c(C(=O)O)n1. The molecule has 0 saturated heterocycles. The van der Waals surface area contributed by atoms with Gasteiger partial charge >= 0.3 is 5.97 Å². The number of ether oxygens (including phenoxy) is 2. The van der Waals surface area contributed by atoms with Crippen molar-refractivity contribution in [3.05, 3.63) is 53.1 Å². The molecule has 1 heterocycles. The molecule has 0 fully saturated rings. The number of carbonyl (C=O) groups excluding carboxylic acids is 1. The molecule has 0 aliphatic rings. The maximum Gasteiger partial charge on any atom is 0.355 e. The Kier molecular flexibility index (Phi) is 4.80. The van der Waals surface area contributed by atoms with Gasteiger partial charge in [-0.3, -0.25) is 4.79 Å². The van der Waals surface area contributed by atoms with Crippen LogP contribution in [0.3, 0.4) is 0 Å². The van der Waals surface area contributed by atoms with Crippen LogP contribution in [0.15, 0.2) is 30.5 Å². The summed E-state index contributed by atoms with van der Waals surface area (Å²) < 4.78 is 9.98. The molecule has 2 rings (SSSR count). The molecule has 0 bridgehead atoms. The van der Waals surface area contributed by atoms with Crippen molar-refractivity contribution >= 4 is 11.8 Å². The van der Waals surface area contributed by atoms with Gasteiger partial charge in [0.1, 0.15) is 12.4 Å². The van der Waals surface area contributed by atoms with Crippen molar-refractivity contribution in [2.75, 3.05) is 14.2 Å². The van der Waals surface area contributed by atoms with Gasteiger partial charge in [0.2, 0.25) is 5.78 Å². The van der Waals surface area contributed by atoms with Crippen LogP contribution in [0.4, 0.5) is 0 Å². The topological polar surface area (TPSA) is 98.6 Å². The first-order valence-electron chi connectivity index (χ1n) is 6.34. The number of aromatic carboxylic acids is 1. The predicted molar refractivity (Wildman–Crippen MR) is 76.1 cm³/mol. The third kappa shape index (κ3) is 3.09. The number of benzene rings is 1. The molecule has 0 atom stereocenters. The number of nitrogens with zero attached hydrogens (tertiary/aromatic N) is 2. The second kappa shape index (κ2) is 6.77. The summed E-state index contributed by atoms with van der Waals surface area (Å²) in [5, 5.41) is 9.27. The molecule has 1 N–H and O–H groups in total. The van der Waals surface area contributed by atoms with Gasteiger partial charge in [-0.05, 0) is 12.1 Å². The van der Waals surface area contributed by atoms with Gasteiger partial charge in [-0.1, -0.05) is 12.1 Å². The quantitative estimate of drug-likeness (QED) is 0.808. The van der Waals surface area contributed by atoms with E-state index < -0.39 is 11.8 Å². The van der Waals surface area contributed by atoms with Gasteiger partial charge in [0.25, 0.3) is 0 Å². The number of aromatic nitrogens is 2. The van der Waals surface area contributed by atoms with Crippen molar-refractivity contribution < 1.29 is 24.2 Å². The van der Waals surface area contributed by atoms with E-state index in [0.717, 1.165) is 0 Å². The highest BCUT2D eigenvalue weighted by atomic mass is 16.5. The van der Waals surface area contributed by atoms with Crippen LogP contribution >= 0.6 is 0 Å². The highest BCUT2D eigenvalue weighted by molar-refractivity contribution is 6.14. The molecule has 2 aromatic rings. The molecule has 0 aliphatic carbocycles. The fraction of sp³-hybridized carbons (Fsp3) is 0.200. The van der Waals surface area contributed by atoms with Gasteiger partial charge in [-0.15, -0.1) is 0 Å². The van der Waals surface area contributed by atoms with Gasteiger partial charge in [0.05, 0.1) is 18.2 Å². The molecular weight excluding hydrogens is 288 g/mol. The first-order chi connectivity index (χ1) is 10.6. The lowest BCUT2D eigenvalue weighted by molar-refractivity contribution is 0.0684. The van der Waals surface area contributed by atoms with Gasteiger partial charge in [0, 0.05) is 13.3 Å². The average Bonchev–Trinajstić information content (AvgIpc) is 2.54. The summed E-state index contributed by atoms with van der Waals surface area (Å²) in [6, 6.07) is 6.55. The average molecular weight is 302 g/mol. The molecule has 0 aliphatic heterocycles. The zero-order chi connectivity index (χ0) is 16.1. The van der Waals surface area contributed by atoms with Crippen LogP contribution in [-0.2, 0) is 11.3 Å². The third-order valence-corrected chi connectivity index (χ3v) is 2.91. The summed E-state index contributed by atoms with van der Waals surface area (Å²) in [6.07, 6.45) is 1.19. The molecule has 0 spiro atoms. The van der Waals surface area contributed by atoms with E-state index in [9.17, 15) is 14.7 Å². The van der Waals surface area contributed by atoms with Crippen LogP contribution in [-0.4, -0.2) is 41.0 Å². The fourth-order valence-corrected chi connectivity index (χ4v) is 1.92. The molecule has 0 saturated carbocycles. The summed E-state index contributed by atoms with van der Waals surface area (Å²) in [6.45, 7) is 0.0589. The Morgan fingerprint density at radius 2 is 1.91 bits per heavy atom. The Morgan fingerprint density at radius 3 is 2.55 bits per heavy atom. The minimum absolute atomic E-state index is 0.0589. The van der Waals surface area contributed by atoms with E-state index in [1.807, 2.05) is 0 Å². The van der Waals surface area contributed by atoms with E-state index in [4.69, 9.17) is 9.47 Å². The minimum atomic E-state index is -1.31. The van der Waals surface area contributed by atoms with E-state index in [-0.39, 0.29) is 29.3 Å². The van der Waals surface area contributed by atoms with E-state index in [1.54, 1.807) is 24.3 Å². The summed E-state index contributed by atoms with van der Waals surface area (Å²) >= 11 is 0. The first-order valence-corrected chi connectivity index (χ1v) is 6.34. The van der Waals surface area contributed by atoms with Gasteiger partial charge < -0.3 is 14.6 Å². The zero-order valence-corrected chi connectivity index (χ0v) is 12.1. The number of carboxylic acids is 1. The van der Waals surface area contributed by atoms with Crippen molar-refractivity contribution in [1.29, 1.82) is 0 Å². The van der Waals surface area contributed by atoms with Crippen LogP contribution < -0.4 is 4.74 Å². The number of hydrogen-bond acceptors (Lipinski definition) is 6. The number of para-hydroxylation sites is 1. The number of carbonyl (C=O) groups is 2. The summed E-state index contributed by atoms with van der Waals surface area (Å²) in [5.41, 5.74) is -0.217. The highest BCUT2D eigenvalue weighted by Crippen LogP contribution is 2.22. The van der Waals surface area contributed by atoms with Crippen molar-refractivity contribution in [3.8, 4) is 5.75 Å². The largest absolute Gasteiger partial charge is 0.496 e. The monoisotopic (exact) mass is 302 g/mol. The standard InChI is InChI=1S/C15H14N2O5/c1-21-8-12-16-7-10(13(17-12)15(19)20)14(18)9-5-3-4-6-11(9)22-2/h3-7H,8H2,1-2H3,(H,19,20). The second-order valence-corrected chi connectivity index (χ2v) is 4.32. The van der Waals surface area contributed by atoms with Crippen LogP contribution in [0, 0.1) is 0 Å². The molecular formula is C15H14N2O5. The third-order valence-electron chi connectivity index (χ3n) is 2.91. The first kappa shape index (κ1) is 15.6. The van der Waals surface area contributed by atoms with Gasteiger partial charge in [-0.2, -0.15) is 0 Å². The maximum absolute atomic E-state index is 12.6. The molecule has 0 amide bonds. The zero-order valence-electron chi connectivity index (χ0n) is 12.1. The van der Waals surface area contributed by atoms with E-state index in [1.165, 1.54) is 20.4 Å². The molecule has 7 heteroatoms. The number of carboxylic acid groups (broad SMARTS) is 1. The normalized spacial score (nSPS) is 10.3. The molecule has 114 valence electrons. The molecule has 1 aromatic heterocycles. The predicted octanol–water partition coefficient (Wildman–Crippen LogP) is 1.56. The van der Waals surface area contributed by atoms with Gasteiger partial charge in [0.15, 0.2) is 11.5 Å². The number of hydrogen-bond donors (Lipinski definition) is 1. The molecule has 22 heavy (non-hydrogen) atoms. The summed E-state index contributed by atoms with van der Waals surface area (Å²) in [5.74, 6) is -1.28. The Hall–Kier alpha value is -2.80. The second-order valence-electron chi connectivity index (χ2n) is 4.32. The summed E-state index contributed by atoms with van der Waals surface area (Å²) in [4.78, 5) is 31.7. The van der Waals surface area contributed by atoms with Gasteiger partial charge in [-0.25, -0.2) is 14.8 Å². The Morgan fingerprint density at radius 1 is 1.18 bits per heavy atom. The van der Waals surface area contributed by atoms with Crippen molar-refractivity contribution in [2.24, 2.45) is 0 Å². The lowest BCUT2D eigenvalue weighted by Crippen LogP contribution is -2.15. The van der Waals surface area contributed by atoms with Crippen molar-refractivity contribution in [3.63, 3.8) is 0 Å². The number of ketones is 1. The molecule has 0 radical (unpaired) electrons. The highest BCUT2D eigenvalue weighted by Gasteiger charge is 2.23. The smallest absolute Gasteiger partial charge is 0.355 e.